The normalized spacial score (nSPS) is 23.0. The lowest BCUT2D eigenvalue weighted by Gasteiger charge is -2.25. The first-order valence-electron chi connectivity index (χ1n) is 10.4. The van der Waals surface area contributed by atoms with Crippen molar-refractivity contribution in [2.75, 3.05) is 6.54 Å². The molecule has 1 aromatic rings. The number of likely N-dealkylation sites (tertiary alicyclic amines) is 1. The Hall–Kier alpha value is -1.09. The van der Waals surface area contributed by atoms with Crippen LogP contribution in [0.25, 0.3) is 0 Å². The molecule has 0 N–H and O–H groups in total. The molecule has 2 heterocycles. The number of carbonyl (C=O) groups is 1. The molecule has 26 heavy (non-hydrogen) atoms. The molecule has 2 atom stereocenters. The minimum atomic E-state index is -0.166. The van der Waals surface area contributed by atoms with Crippen molar-refractivity contribution in [2.24, 2.45) is 5.41 Å². The van der Waals surface area contributed by atoms with Crippen LogP contribution in [0, 0.1) is 5.41 Å². The van der Waals surface area contributed by atoms with Gasteiger partial charge in [0, 0.05) is 22.9 Å². The van der Waals surface area contributed by atoms with Crippen molar-refractivity contribution in [3.8, 4) is 0 Å². The van der Waals surface area contributed by atoms with E-state index >= 15 is 0 Å². The maximum absolute atomic E-state index is 13.2. The SMILES string of the molecule is C=C(C)C[C@@H]1C[C@](C)(CCCCCCCC)C(=O)N1CCc1cccs1. The third kappa shape index (κ3) is 5.97. The largest absolute Gasteiger partial charge is 0.339 e. The summed E-state index contributed by atoms with van der Waals surface area (Å²) in [6, 6.07) is 4.61. The van der Waals surface area contributed by atoms with Crippen LogP contribution in [0.15, 0.2) is 29.7 Å². The van der Waals surface area contributed by atoms with Crippen LogP contribution in [0.5, 0.6) is 0 Å². The summed E-state index contributed by atoms with van der Waals surface area (Å²) >= 11 is 1.79. The summed E-state index contributed by atoms with van der Waals surface area (Å²) in [4.78, 5) is 16.8. The van der Waals surface area contributed by atoms with Gasteiger partial charge in [0.05, 0.1) is 0 Å². The van der Waals surface area contributed by atoms with Crippen molar-refractivity contribution in [1.82, 2.24) is 4.90 Å². The van der Waals surface area contributed by atoms with Gasteiger partial charge in [0.25, 0.3) is 0 Å². The lowest BCUT2D eigenvalue weighted by atomic mass is 9.81. The van der Waals surface area contributed by atoms with Gasteiger partial charge in [0.2, 0.25) is 5.91 Å². The number of carbonyl (C=O) groups excluding carboxylic acids is 1. The first-order chi connectivity index (χ1) is 12.5. The molecule has 1 fully saturated rings. The molecule has 0 radical (unpaired) electrons. The molecule has 3 heteroatoms. The molecule has 146 valence electrons. The van der Waals surface area contributed by atoms with E-state index in [4.69, 9.17) is 0 Å². The monoisotopic (exact) mass is 375 g/mol. The summed E-state index contributed by atoms with van der Waals surface area (Å²) < 4.78 is 0. The van der Waals surface area contributed by atoms with Crippen LogP contribution in [-0.2, 0) is 11.2 Å². The number of hydrogen-bond acceptors (Lipinski definition) is 2. The number of hydrogen-bond donors (Lipinski definition) is 0. The Balaban J connectivity index is 1.92. The second kappa shape index (κ2) is 10.3. The lowest BCUT2D eigenvalue weighted by molar-refractivity contribution is -0.136. The number of unbranched alkanes of at least 4 members (excludes halogenated alkanes) is 5. The maximum atomic E-state index is 13.2. The number of nitrogens with zero attached hydrogens (tertiary/aromatic N) is 1. The van der Waals surface area contributed by atoms with Gasteiger partial charge in [-0.05, 0) is 44.1 Å². The third-order valence-corrected chi connectivity index (χ3v) is 6.69. The fourth-order valence-corrected chi connectivity index (χ4v) is 4.99. The van der Waals surface area contributed by atoms with Crippen LogP contribution in [0.2, 0.25) is 0 Å². The highest BCUT2D eigenvalue weighted by molar-refractivity contribution is 7.09. The number of amides is 1. The zero-order chi connectivity index (χ0) is 19.0. The minimum Gasteiger partial charge on any atom is -0.339 e. The first kappa shape index (κ1) is 21.2. The van der Waals surface area contributed by atoms with Gasteiger partial charge < -0.3 is 4.90 Å². The molecule has 1 aliphatic rings. The molecule has 0 aromatic carbocycles. The number of rotatable bonds is 12. The van der Waals surface area contributed by atoms with Gasteiger partial charge in [0.1, 0.15) is 0 Å². The Kier molecular flexibility index (Phi) is 8.40. The van der Waals surface area contributed by atoms with E-state index in [1.54, 1.807) is 11.3 Å². The molecular weight excluding hydrogens is 338 g/mol. The van der Waals surface area contributed by atoms with Gasteiger partial charge in [-0.15, -0.1) is 17.9 Å². The molecule has 1 aromatic heterocycles. The Morgan fingerprint density at radius 2 is 2.04 bits per heavy atom. The summed E-state index contributed by atoms with van der Waals surface area (Å²) in [7, 11) is 0. The van der Waals surface area contributed by atoms with Crippen LogP contribution in [0.1, 0.15) is 83.4 Å². The van der Waals surface area contributed by atoms with E-state index in [-0.39, 0.29) is 5.41 Å². The average Bonchev–Trinajstić information content (AvgIpc) is 3.17. The molecule has 0 unspecified atom stereocenters. The van der Waals surface area contributed by atoms with Gasteiger partial charge in [-0.25, -0.2) is 0 Å². The van der Waals surface area contributed by atoms with Crippen molar-refractivity contribution < 1.29 is 4.79 Å². The van der Waals surface area contributed by atoms with Crippen LogP contribution in [-0.4, -0.2) is 23.4 Å². The van der Waals surface area contributed by atoms with Gasteiger partial charge in [-0.1, -0.05) is 64.0 Å². The highest BCUT2D eigenvalue weighted by Crippen LogP contribution is 2.42. The van der Waals surface area contributed by atoms with Crippen LogP contribution < -0.4 is 0 Å². The van der Waals surface area contributed by atoms with Gasteiger partial charge in [0.15, 0.2) is 0 Å². The van der Waals surface area contributed by atoms with Crippen molar-refractivity contribution in [2.45, 2.75) is 91.0 Å². The molecule has 2 rings (SSSR count). The Labute approximate surface area is 164 Å². The molecule has 1 amide bonds. The van der Waals surface area contributed by atoms with Crippen molar-refractivity contribution >= 4 is 17.2 Å². The summed E-state index contributed by atoms with van der Waals surface area (Å²) in [5.41, 5.74) is 1.02. The third-order valence-electron chi connectivity index (χ3n) is 5.75. The Morgan fingerprint density at radius 3 is 2.69 bits per heavy atom. The van der Waals surface area contributed by atoms with Crippen LogP contribution in [0.4, 0.5) is 0 Å². The van der Waals surface area contributed by atoms with E-state index in [0.717, 1.165) is 32.2 Å². The summed E-state index contributed by atoms with van der Waals surface area (Å²) in [6.45, 7) is 11.5. The smallest absolute Gasteiger partial charge is 0.228 e. The van der Waals surface area contributed by atoms with E-state index < -0.39 is 0 Å². The predicted molar refractivity (Wildman–Crippen MR) is 114 cm³/mol. The van der Waals surface area contributed by atoms with E-state index in [1.165, 1.54) is 49.0 Å². The standard InChI is InChI=1S/C23H37NOS/c1-5-6-7-8-9-10-14-23(4)18-20(17-19(2)3)24(22(23)25)15-13-21-12-11-16-26-21/h11-12,16,20H,2,5-10,13-15,17-18H2,1,3-4H3/t20-,23+/m1/s1. The van der Waals surface area contributed by atoms with E-state index in [1.807, 2.05) is 0 Å². The zero-order valence-electron chi connectivity index (χ0n) is 17.1. The quantitative estimate of drug-likeness (QED) is 0.297. The molecule has 2 nitrogen and oxygen atoms in total. The Morgan fingerprint density at radius 1 is 1.31 bits per heavy atom. The second-order valence-corrected chi connectivity index (χ2v) is 9.46. The van der Waals surface area contributed by atoms with E-state index in [9.17, 15) is 4.79 Å². The van der Waals surface area contributed by atoms with Crippen molar-refractivity contribution in [3.05, 3.63) is 34.5 Å². The van der Waals surface area contributed by atoms with Crippen LogP contribution in [0.3, 0.4) is 0 Å². The lowest BCUT2D eigenvalue weighted by Crippen LogP contribution is -2.37. The van der Waals surface area contributed by atoms with Crippen molar-refractivity contribution in [3.63, 3.8) is 0 Å². The Bertz CT molecular complexity index is 565. The molecule has 0 saturated carbocycles. The highest BCUT2D eigenvalue weighted by atomic mass is 32.1. The van der Waals surface area contributed by atoms with Crippen LogP contribution >= 0.6 is 11.3 Å². The number of thiophene rings is 1. The highest BCUT2D eigenvalue weighted by Gasteiger charge is 2.47. The van der Waals surface area contributed by atoms with E-state index in [0.29, 0.717) is 11.9 Å². The second-order valence-electron chi connectivity index (χ2n) is 8.43. The fourth-order valence-electron chi connectivity index (χ4n) is 4.29. The first-order valence-corrected chi connectivity index (χ1v) is 11.3. The topological polar surface area (TPSA) is 20.3 Å². The van der Waals surface area contributed by atoms with Gasteiger partial charge in [-0.2, -0.15) is 0 Å². The van der Waals surface area contributed by atoms with Crippen molar-refractivity contribution in [1.29, 1.82) is 0 Å². The van der Waals surface area contributed by atoms with Gasteiger partial charge in [-0.3, -0.25) is 4.79 Å². The molecular formula is C23H37NOS. The van der Waals surface area contributed by atoms with E-state index in [2.05, 4.69) is 49.8 Å². The summed E-state index contributed by atoms with van der Waals surface area (Å²) in [5.74, 6) is 0.383. The zero-order valence-corrected chi connectivity index (χ0v) is 17.9. The summed E-state index contributed by atoms with van der Waals surface area (Å²) in [6.07, 6.45) is 11.7. The minimum absolute atomic E-state index is 0.166. The predicted octanol–water partition coefficient (Wildman–Crippen LogP) is 6.61. The van der Waals surface area contributed by atoms with Gasteiger partial charge >= 0.3 is 0 Å². The fraction of sp³-hybridized carbons (Fsp3) is 0.696. The molecule has 0 bridgehead atoms. The molecule has 0 spiro atoms. The molecule has 0 aliphatic carbocycles. The molecule has 1 aliphatic heterocycles. The summed E-state index contributed by atoms with van der Waals surface area (Å²) in [5, 5.41) is 2.12. The molecule has 1 saturated heterocycles. The maximum Gasteiger partial charge on any atom is 0.228 e. The average molecular weight is 376 g/mol.